The lowest BCUT2D eigenvalue weighted by molar-refractivity contribution is 0.0625. The van der Waals surface area contributed by atoms with Crippen LogP contribution < -0.4 is 0 Å². The van der Waals surface area contributed by atoms with Gasteiger partial charge in [0.25, 0.3) is 0 Å². The first-order valence-corrected chi connectivity index (χ1v) is 6.05. The van der Waals surface area contributed by atoms with E-state index in [0.29, 0.717) is 18.4 Å². The van der Waals surface area contributed by atoms with E-state index >= 15 is 0 Å². The van der Waals surface area contributed by atoms with Crippen LogP contribution in [0.4, 0.5) is 17.6 Å². The van der Waals surface area contributed by atoms with E-state index in [4.69, 9.17) is 0 Å². The second kappa shape index (κ2) is 3.60. The Labute approximate surface area is 107 Å². The largest absolute Gasteiger partial charge is 0.384 e. The summed E-state index contributed by atoms with van der Waals surface area (Å²) in [6.07, 6.45) is 0.810. The molecule has 0 aromatic heterocycles. The van der Waals surface area contributed by atoms with Crippen LogP contribution in [0.15, 0.2) is 12.2 Å². The minimum Gasteiger partial charge on any atom is -0.384 e. The zero-order valence-corrected chi connectivity index (χ0v) is 10.2. The van der Waals surface area contributed by atoms with Crippen LogP contribution >= 0.6 is 0 Å². The van der Waals surface area contributed by atoms with Crippen molar-refractivity contribution in [3.8, 4) is 0 Å². The number of rotatable bonds is 1. The summed E-state index contributed by atoms with van der Waals surface area (Å²) < 4.78 is 54.4. The summed E-state index contributed by atoms with van der Waals surface area (Å²) in [5, 5.41) is 10.6. The van der Waals surface area contributed by atoms with E-state index in [2.05, 4.69) is 6.58 Å². The predicted octanol–water partition coefficient (Wildman–Crippen LogP) is 3.52. The average molecular weight is 272 g/mol. The Morgan fingerprint density at radius 3 is 1.68 bits per heavy atom. The summed E-state index contributed by atoms with van der Waals surface area (Å²) >= 11 is 0. The Bertz CT molecular complexity index is 565. The van der Waals surface area contributed by atoms with Crippen molar-refractivity contribution in [1.82, 2.24) is 0 Å². The quantitative estimate of drug-likeness (QED) is 0.359. The topological polar surface area (TPSA) is 20.2 Å². The fourth-order valence-corrected chi connectivity index (χ4v) is 3.69. The first-order chi connectivity index (χ1) is 8.81. The van der Waals surface area contributed by atoms with Crippen molar-refractivity contribution < 1.29 is 22.7 Å². The van der Waals surface area contributed by atoms with Gasteiger partial charge >= 0.3 is 0 Å². The van der Waals surface area contributed by atoms with Crippen LogP contribution in [0, 0.1) is 23.3 Å². The summed E-state index contributed by atoms with van der Waals surface area (Å²) in [6, 6.07) is 0. The molecule has 5 heteroatoms. The highest BCUT2D eigenvalue weighted by Crippen LogP contribution is 2.63. The Morgan fingerprint density at radius 1 is 1.00 bits per heavy atom. The van der Waals surface area contributed by atoms with E-state index < -0.39 is 40.7 Å². The third kappa shape index (κ3) is 1.24. The van der Waals surface area contributed by atoms with E-state index in [9.17, 15) is 22.7 Å². The fourth-order valence-electron chi connectivity index (χ4n) is 3.69. The van der Waals surface area contributed by atoms with Gasteiger partial charge in [0.05, 0.1) is 5.60 Å². The zero-order chi connectivity index (χ0) is 14.1. The molecule has 0 amide bonds. The van der Waals surface area contributed by atoms with Crippen LogP contribution in [0.2, 0.25) is 0 Å². The third-order valence-electron chi connectivity index (χ3n) is 4.53. The van der Waals surface area contributed by atoms with Gasteiger partial charge in [0.1, 0.15) is 0 Å². The van der Waals surface area contributed by atoms with E-state index in [0.717, 1.165) is 0 Å². The van der Waals surface area contributed by atoms with Crippen molar-refractivity contribution in [3.05, 3.63) is 46.5 Å². The first kappa shape index (κ1) is 12.7. The van der Waals surface area contributed by atoms with E-state index in [-0.39, 0.29) is 11.1 Å². The molecule has 1 nitrogen and oxygen atoms in total. The molecule has 1 unspecified atom stereocenters. The first-order valence-electron chi connectivity index (χ1n) is 6.05. The number of halogens is 4. The van der Waals surface area contributed by atoms with Gasteiger partial charge in [0.2, 0.25) is 0 Å². The van der Waals surface area contributed by atoms with Crippen LogP contribution in [0.5, 0.6) is 0 Å². The average Bonchev–Trinajstić information content (AvgIpc) is 2.84. The molecular formula is C14H12F4O. The molecule has 1 aromatic carbocycles. The monoisotopic (exact) mass is 272 g/mol. The lowest BCUT2D eigenvalue weighted by Crippen LogP contribution is -2.33. The molecule has 1 aromatic rings. The van der Waals surface area contributed by atoms with Gasteiger partial charge in [-0.3, -0.25) is 0 Å². The molecule has 2 aliphatic carbocycles. The van der Waals surface area contributed by atoms with Crippen molar-refractivity contribution in [1.29, 1.82) is 0 Å². The number of fused-ring (bicyclic) bond motifs is 5. The van der Waals surface area contributed by atoms with Gasteiger partial charge in [-0.2, -0.15) is 0 Å². The Kier molecular flexibility index (Phi) is 2.40. The van der Waals surface area contributed by atoms with Crippen molar-refractivity contribution >= 4 is 0 Å². The van der Waals surface area contributed by atoms with Crippen LogP contribution in [0.1, 0.15) is 42.7 Å². The van der Waals surface area contributed by atoms with Gasteiger partial charge in [-0.25, -0.2) is 17.6 Å². The molecule has 102 valence electrons. The van der Waals surface area contributed by atoms with E-state index in [1.807, 2.05) is 0 Å². The van der Waals surface area contributed by atoms with Gasteiger partial charge in [0.15, 0.2) is 23.3 Å². The standard InChI is InChI=1S/C14H12F4O/c1-5(2)14(19)6-3-4-7(14)9-8(6)10(15)12(17)13(18)11(9)16/h6-7,19H,1,3-4H2,2H3/t6-,7+,14?. The molecule has 1 saturated carbocycles. The maximum Gasteiger partial charge on any atom is 0.197 e. The summed E-state index contributed by atoms with van der Waals surface area (Å²) in [4.78, 5) is 0. The van der Waals surface area contributed by atoms with Gasteiger partial charge in [-0.05, 0) is 25.3 Å². The van der Waals surface area contributed by atoms with Crippen LogP contribution in [0.25, 0.3) is 0 Å². The minimum absolute atomic E-state index is 0.224. The molecule has 1 N–H and O–H groups in total. The van der Waals surface area contributed by atoms with E-state index in [1.54, 1.807) is 6.92 Å². The number of hydrogen-bond acceptors (Lipinski definition) is 1. The number of hydrogen-bond donors (Lipinski definition) is 1. The molecule has 19 heavy (non-hydrogen) atoms. The molecule has 0 spiro atoms. The van der Waals surface area contributed by atoms with Crippen LogP contribution in [-0.2, 0) is 0 Å². The lowest BCUT2D eigenvalue weighted by Gasteiger charge is -2.29. The molecular weight excluding hydrogens is 260 g/mol. The smallest absolute Gasteiger partial charge is 0.197 e. The van der Waals surface area contributed by atoms with Crippen molar-refractivity contribution in [2.45, 2.75) is 37.2 Å². The summed E-state index contributed by atoms with van der Waals surface area (Å²) in [5.41, 5.74) is -1.60. The van der Waals surface area contributed by atoms with Gasteiger partial charge < -0.3 is 5.11 Å². The minimum atomic E-state index is -1.81. The maximum atomic E-state index is 13.9. The highest BCUT2D eigenvalue weighted by Gasteiger charge is 2.60. The Morgan fingerprint density at radius 2 is 1.37 bits per heavy atom. The Balaban J connectivity index is 2.35. The van der Waals surface area contributed by atoms with Crippen molar-refractivity contribution in [3.63, 3.8) is 0 Å². The molecule has 0 heterocycles. The summed E-state index contributed by atoms with van der Waals surface area (Å²) in [7, 11) is 0. The van der Waals surface area contributed by atoms with Crippen molar-refractivity contribution in [2.24, 2.45) is 0 Å². The van der Waals surface area contributed by atoms with Gasteiger partial charge in [-0.1, -0.05) is 6.58 Å². The lowest BCUT2D eigenvalue weighted by atomic mass is 9.83. The molecule has 2 aliphatic rings. The van der Waals surface area contributed by atoms with Gasteiger partial charge in [-0.15, -0.1) is 0 Å². The fraction of sp³-hybridized carbons (Fsp3) is 0.429. The second-order valence-corrected chi connectivity index (χ2v) is 5.37. The molecule has 1 fully saturated rings. The highest BCUT2D eigenvalue weighted by atomic mass is 19.2. The number of benzene rings is 1. The molecule has 3 rings (SSSR count). The van der Waals surface area contributed by atoms with Crippen LogP contribution in [-0.4, -0.2) is 10.7 Å². The summed E-state index contributed by atoms with van der Waals surface area (Å²) in [6.45, 7) is 5.21. The SMILES string of the molecule is C=C(C)C1(O)[C@@H]2CC[C@H]1c1c(F)c(F)c(F)c(F)c12. The Hall–Kier alpha value is -1.36. The van der Waals surface area contributed by atoms with Crippen molar-refractivity contribution in [2.75, 3.05) is 0 Å². The molecule has 3 atom stereocenters. The van der Waals surface area contributed by atoms with E-state index in [1.165, 1.54) is 0 Å². The zero-order valence-electron chi connectivity index (χ0n) is 10.2. The van der Waals surface area contributed by atoms with Gasteiger partial charge in [0, 0.05) is 23.0 Å². The molecule has 0 radical (unpaired) electrons. The predicted molar refractivity (Wildman–Crippen MR) is 60.8 cm³/mol. The molecule has 2 bridgehead atoms. The maximum absolute atomic E-state index is 13.9. The third-order valence-corrected chi connectivity index (χ3v) is 4.53. The highest BCUT2D eigenvalue weighted by molar-refractivity contribution is 5.52. The molecule has 0 saturated heterocycles. The number of aliphatic hydroxyl groups is 1. The van der Waals surface area contributed by atoms with Crippen LogP contribution in [0.3, 0.4) is 0 Å². The molecule has 0 aliphatic heterocycles. The second-order valence-electron chi connectivity index (χ2n) is 5.37. The normalized spacial score (nSPS) is 31.7. The summed E-state index contributed by atoms with van der Waals surface area (Å²) in [5.74, 6) is -7.91.